The number of nitrogens with zero attached hydrogens (tertiary/aromatic N) is 3. The van der Waals surface area contributed by atoms with Crippen molar-refractivity contribution in [1.82, 2.24) is 14.7 Å². The molecule has 0 saturated carbocycles. The molecule has 3 rings (SSSR count). The number of carbonyl (C=O) groups is 4. The van der Waals surface area contributed by atoms with E-state index in [4.69, 9.17) is 38.2 Å². The molecule has 0 spiro atoms. The molecule has 35 heavy (non-hydrogen) atoms. The predicted molar refractivity (Wildman–Crippen MR) is 130 cm³/mol. The number of carboxylic acid groups (broad SMARTS) is 2. The summed E-state index contributed by atoms with van der Waals surface area (Å²) in [6.07, 6.45) is 3.42. The molecule has 1 atom stereocenters. The van der Waals surface area contributed by atoms with E-state index in [1.807, 2.05) is 11.0 Å². The van der Waals surface area contributed by atoms with Crippen LogP contribution in [0.25, 0.3) is 0 Å². The molecule has 0 aromatic heterocycles. The number of methoxy groups -OCH3 is 1. The Labute approximate surface area is 213 Å². The van der Waals surface area contributed by atoms with E-state index in [1.165, 1.54) is 20.0 Å². The summed E-state index contributed by atoms with van der Waals surface area (Å²) in [5.74, 6) is -2.47. The summed E-state index contributed by atoms with van der Waals surface area (Å²) in [7, 11) is 1.39. The van der Waals surface area contributed by atoms with Crippen LogP contribution >= 0.6 is 23.2 Å². The minimum atomic E-state index is -1.26. The first-order valence-electron chi connectivity index (χ1n) is 11.0. The Morgan fingerprint density at radius 1 is 1.00 bits per heavy atom. The molecule has 0 aliphatic carbocycles. The van der Waals surface area contributed by atoms with E-state index >= 15 is 0 Å². The third kappa shape index (κ3) is 9.39. The predicted octanol–water partition coefficient (Wildman–Crippen LogP) is 2.62. The molecule has 2 heterocycles. The van der Waals surface area contributed by atoms with Crippen LogP contribution in [-0.4, -0.2) is 101 Å². The second-order valence-corrected chi connectivity index (χ2v) is 8.91. The number of carbonyl (C=O) groups excluding carboxylic acids is 2. The smallest absolute Gasteiger partial charge is 0.409 e. The molecule has 2 amide bonds. The molecule has 2 N–H and O–H groups in total. The highest BCUT2D eigenvalue weighted by Gasteiger charge is 2.34. The van der Waals surface area contributed by atoms with Gasteiger partial charge in [-0.15, -0.1) is 0 Å². The highest BCUT2D eigenvalue weighted by molar-refractivity contribution is 6.42. The van der Waals surface area contributed by atoms with Gasteiger partial charge in [0.2, 0.25) is 5.91 Å². The fraction of sp³-hybridized carbons (Fsp3) is 0.478. The second-order valence-electron chi connectivity index (χ2n) is 8.10. The monoisotopic (exact) mass is 529 g/mol. The Hall–Kier alpha value is -2.82. The molecule has 1 unspecified atom stereocenters. The van der Waals surface area contributed by atoms with Crippen molar-refractivity contribution in [2.45, 2.75) is 25.3 Å². The van der Waals surface area contributed by atoms with Gasteiger partial charge < -0.3 is 29.6 Å². The molecule has 0 radical (unpaired) electrons. The Balaban J connectivity index is 0.000000466. The van der Waals surface area contributed by atoms with E-state index in [9.17, 15) is 19.2 Å². The van der Waals surface area contributed by atoms with Gasteiger partial charge in [0.1, 0.15) is 0 Å². The Morgan fingerprint density at radius 2 is 1.63 bits per heavy atom. The number of rotatable bonds is 6. The molecule has 192 valence electrons. The largest absolute Gasteiger partial charge is 0.478 e. The van der Waals surface area contributed by atoms with Crippen LogP contribution in [0.4, 0.5) is 4.79 Å². The lowest BCUT2D eigenvalue weighted by molar-refractivity contribution is -0.135. The number of ether oxygens (including phenoxy) is 1. The highest BCUT2D eigenvalue weighted by atomic mass is 35.5. The fourth-order valence-corrected chi connectivity index (χ4v) is 4.29. The molecule has 2 fully saturated rings. The lowest BCUT2D eigenvalue weighted by atomic mass is 10.1. The third-order valence-corrected chi connectivity index (χ3v) is 6.35. The SMILES string of the molecule is COC(=O)N1CCN(C(=O)Cc2ccc(Cl)c(Cl)c2)C(CN2CCCC2)C1.O=C(O)C=CC(=O)O. The molecular formula is C23H29Cl2N3O7. The van der Waals surface area contributed by atoms with Crippen molar-refractivity contribution in [3.05, 3.63) is 46.0 Å². The van der Waals surface area contributed by atoms with Crippen molar-refractivity contribution < 1.29 is 34.1 Å². The number of benzene rings is 1. The molecule has 2 aliphatic heterocycles. The highest BCUT2D eigenvalue weighted by Crippen LogP contribution is 2.24. The summed E-state index contributed by atoms with van der Waals surface area (Å²) < 4.78 is 4.87. The Kier molecular flexibility index (Phi) is 11.3. The molecular weight excluding hydrogens is 501 g/mol. The van der Waals surface area contributed by atoms with Crippen LogP contribution in [0, 0.1) is 0 Å². The number of piperazine rings is 1. The summed E-state index contributed by atoms with van der Waals surface area (Å²) in [6.45, 7) is 4.36. The number of aliphatic carboxylic acids is 2. The van der Waals surface area contributed by atoms with Crippen molar-refractivity contribution >= 4 is 47.1 Å². The Morgan fingerprint density at radius 3 is 2.17 bits per heavy atom. The van der Waals surface area contributed by atoms with Crippen molar-refractivity contribution in [1.29, 1.82) is 0 Å². The van der Waals surface area contributed by atoms with Crippen molar-refractivity contribution in [3.8, 4) is 0 Å². The first kappa shape index (κ1) is 28.4. The minimum Gasteiger partial charge on any atom is -0.478 e. The molecule has 1 aromatic rings. The maximum Gasteiger partial charge on any atom is 0.409 e. The summed E-state index contributed by atoms with van der Waals surface area (Å²) >= 11 is 12.0. The van der Waals surface area contributed by atoms with Gasteiger partial charge in [-0.25, -0.2) is 14.4 Å². The lowest BCUT2D eigenvalue weighted by Crippen LogP contribution is -2.59. The van der Waals surface area contributed by atoms with Crippen LogP contribution in [0.5, 0.6) is 0 Å². The molecule has 2 saturated heterocycles. The van der Waals surface area contributed by atoms with Gasteiger partial charge in [-0.2, -0.15) is 0 Å². The maximum atomic E-state index is 13.0. The summed E-state index contributed by atoms with van der Waals surface area (Å²) in [4.78, 5) is 50.0. The number of hydrogen-bond donors (Lipinski definition) is 2. The number of halogens is 2. The molecule has 12 heteroatoms. The number of likely N-dealkylation sites (tertiary alicyclic amines) is 1. The van der Waals surface area contributed by atoms with Gasteiger partial charge in [0.15, 0.2) is 0 Å². The number of carboxylic acids is 2. The first-order valence-corrected chi connectivity index (χ1v) is 11.8. The van der Waals surface area contributed by atoms with Crippen LogP contribution in [0.15, 0.2) is 30.4 Å². The van der Waals surface area contributed by atoms with Gasteiger partial charge >= 0.3 is 18.0 Å². The summed E-state index contributed by atoms with van der Waals surface area (Å²) in [5, 5.41) is 16.6. The van der Waals surface area contributed by atoms with E-state index in [-0.39, 0.29) is 24.5 Å². The number of hydrogen-bond acceptors (Lipinski definition) is 6. The van der Waals surface area contributed by atoms with Gasteiger partial charge in [0.25, 0.3) is 0 Å². The Bertz CT molecular complexity index is 935. The second kappa shape index (κ2) is 13.9. The van der Waals surface area contributed by atoms with Crippen LogP contribution in [0.1, 0.15) is 18.4 Å². The van der Waals surface area contributed by atoms with Gasteiger partial charge in [0.05, 0.1) is 29.6 Å². The maximum absolute atomic E-state index is 13.0. The molecule has 2 aliphatic rings. The van der Waals surface area contributed by atoms with Gasteiger partial charge in [-0.05, 0) is 43.6 Å². The third-order valence-electron chi connectivity index (χ3n) is 5.61. The standard InChI is InChI=1S/C19H25Cl2N3O3.C4H4O4/c1-27-19(26)23-8-9-24(15(13-23)12-22-6-2-3-7-22)18(25)11-14-4-5-16(20)17(21)10-14;5-3(6)1-2-4(7)8/h4-5,10,15H,2-3,6-9,11-13H2,1H3;1-2H,(H,5,6)(H,7,8). The lowest BCUT2D eigenvalue weighted by Gasteiger charge is -2.42. The van der Waals surface area contributed by atoms with E-state index in [2.05, 4.69) is 4.90 Å². The first-order chi connectivity index (χ1) is 16.6. The number of amides is 2. The van der Waals surface area contributed by atoms with Gasteiger partial charge in [-0.3, -0.25) is 4.79 Å². The van der Waals surface area contributed by atoms with Crippen molar-refractivity contribution in [2.75, 3.05) is 46.4 Å². The van der Waals surface area contributed by atoms with Crippen LogP contribution in [0.3, 0.4) is 0 Å². The zero-order valence-corrected chi connectivity index (χ0v) is 20.9. The normalized spacial score (nSPS) is 18.2. The fourth-order valence-electron chi connectivity index (χ4n) is 3.97. The van der Waals surface area contributed by atoms with E-state index < -0.39 is 11.9 Å². The quantitative estimate of drug-likeness (QED) is 0.538. The van der Waals surface area contributed by atoms with Crippen molar-refractivity contribution in [2.24, 2.45) is 0 Å². The van der Waals surface area contributed by atoms with Crippen LogP contribution in [-0.2, 0) is 25.5 Å². The molecule has 1 aromatic carbocycles. The minimum absolute atomic E-state index is 0.0359. The topological polar surface area (TPSA) is 128 Å². The van der Waals surface area contributed by atoms with Gasteiger partial charge in [-0.1, -0.05) is 29.3 Å². The van der Waals surface area contributed by atoms with Crippen LogP contribution in [0.2, 0.25) is 10.0 Å². The molecule has 10 nitrogen and oxygen atoms in total. The molecule has 0 bridgehead atoms. The van der Waals surface area contributed by atoms with E-state index in [0.29, 0.717) is 41.8 Å². The van der Waals surface area contributed by atoms with E-state index in [1.54, 1.807) is 17.0 Å². The van der Waals surface area contributed by atoms with Crippen molar-refractivity contribution in [3.63, 3.8) is 0 Å². The van der Waals surface area contributed by atoms with E-state index in [0.717, 1.165) is 25.2 Å². The summed E-state index contributed by atoms with van der Waals surface area (Å²) in [6, 6.07) is 5.24. The zero-order chi connectivity index (χ0) is 26.0. The van der Waals surface area contributed by atoms with Gasteiger partial charge in [0, 0.05) is 38.3 Å². The van der Waals surface area contributed by atoms with Crippen LogP contribution < -0.4 is 0 Å². The zero-order valence-electron chi connectivity index (χ0n) is 19.4. The average Bonchev–Trinajstić information content (AvgIpc) is 3.33. The average molecular weight is 530 g/mol. The summed E-state index contributed by atoms with van der Waals surface area (Å²) in [5.41, 5.74) is 0.838.